The highest BCUT2D eigenvalue weighted by molar-refractivity contribution is 7.19. The van der Waals surface area contributed by atoms with Crippen molar-refractivity contribution in [2.24, 2.45) is 0 Å². The van der Waals surface area contributed by atoms with E-state index >= 15 is 0 Å². The van der Waals surface area contributed by atoms with Gasteiger partial charge in [0.05, 0.1) is 21.6 Å². The smallest absolute Gasteiger partial charge is 0.248 e. The van der Waals surface area contributed by atoms with Crippen LogP contribution in [0.2, 0.25) is 0 Å². The fourth-order valence-electron chi connectivity index (χ4n) is 3.37. The lowest BCUT2D eigenvalue weighted by Gasteiger charge is -2.30. The van der Waals surface area contributed by atoms with Crippen LogP contribution >= 0.6 is 11.3 Å². The SMILES string of the molecule is CN1CCC(Nc2ccccc2NC(=O)C=Cc2nc3ccccc3s2)CC1. The van der Waals surface area contributed by atoms with Crippen LogP contribution in [-0.4, -0.2) is 42.0 Å². The number of hydrogen-bond acceptors (Lipinski definition) is 5. The van der Waals surface area contributed by atoms with Gasteiger partial charge in [-0.2, -0.15) is 0 Å². The van der Waals surface area contributed by atoms with Gasteiger partial charge < -0.3 is 15.5 Å². The van der Waals surface area contributed by atoms with Gasteiger partial charge >= 0.3 is 0 Å². The van der Waals surface area contributed by atoms with Crippen LogP contribution in [0.1, 0.15) is 17.8 Å². The van der Waals surface area contributed by atoms with Crippen molar-refractivity contribution in [3.05, 3.63) is 59.6 Å². The van der Waals surface area contributed by atoms with E-state index in [0.29, 0.717) is 6.04 Å². The zero-order chi connectivity index (χ0) is 19.3. The molecule has 0 aliphatic carbocycles. The Balaban J connectivity index is 1.41. The fraction of sp³-hybridized carbons (Fsp3) is 0.273. The third kappa shape index (κ3) is 4.58. The third-order valence-electron chi connectivity index (χ3n) is 4.95. The molecule has 28 heavy (non-hydrogen) atoms. The second-order valence-electron chi connectivity index (χ2n) is 7.11. The third-order valence-corrected chi connectivity index (χ3v) is 5.95. The van der Waals surface area contributed by atoms with Gasteiger partial charge in [-0.1, -0.05) is 24.3 Å². The summed E-state index contributed by atoms with van der Waals surface area (Å²) < 4.78 is 1.12. The lowest BCUT2D eigenvalue weighted by molar-refractivity contribution is -0.111. The molecule has 0 spiro atoms. The maximum absolute atomic E-state index is 12.4. The van der Waals surface area contributed by atoms with Gasteiger partial charge in [-0.25, -0.2) is 4.98 Å². The quantitative estimate of drug-likeness (QED) is 0.630. The molecule has 2 N–H and O–H groups in total. The number of benzene rings is 2. The second kappa shape index (κ2) is 8.54. The zero-order valence-corrected chi connectivity index (χ0v) is 16.7. The molecule has 0 unspecified atom stereocenters. The van der Waals surface area contributed by atoms with Crippen LogP contribution in [0.15, 0.2) is 54.6 Å². The molecule has 1 saturated heterocycles. The molecule has 0 radical (unpaired) electrons. The van der Waals surface area contributed by atoms with Crippen molar-refractivity contribution in [1.82, 2.24) is 9.88 Å². The first-order chi connectivity index (χ1) is 13.7. The van der Waals surface area contributed by atoms with E-state index in [2.05, 4.69) is 27.6 Å². The molecule has 0 atom stereocenters. The standard InChI is InChI=1S/C22H24N4OS/c1-26-14-12-16(13-15-26)23-17-6-2-3-7-18(17)24-21(27)10-11-22-25-19-8-4-5-9-20(19)28-22/h2-11,16,23H,12-15H2,1H3,(H,24,27). The van der Waals surface area contributed by atoms with E-state index in [-0.39, 0.29) is 5.91 Å². The molecule has 6 heteroatoms. The number of carbonyl (C=O) groups is 1. The van der Waals surface area contributed by atoms with Gasteiger partial charge in [-0.3, -0.25) is 4.79 Å². The molecule has 1 aliphatic heterocycles. The Morgan fingerprint density at radius 1 is 1.11 bits per heavy atom. The number of anilines is 2. The molecule has 1 aromatic heterocycles. The summed E-state index contributed by atoms with van der Waals surface area (Å²) in [5, 5.41) is 7.41. The summed E-state index contributed by atoms with van der Waals surface area (Å²) in [6.07, 6.45) is 5.53. The average Bonchev–Trinajstić information content (AvgIpc) is 3.13. The van der Waals surface area contributed by atoms with Crippen LogP contribution in [0.5, 0.6) is 0 Å². The average molecular weight is 393 g/mol. The summed E-state index contributed by atoms with van der Waals surface area (Å²) in [4.78, 5) is 19.3. The minimum absolute atomic E-state index is 0.156. The normalized spacial score (nSPS) is 15.9. The molecule has 0 bridgehead atoms. The van der Waals surface area contributed by atoms with Crippen molar-refractivity contribution >= 4 is 44.9 Å². The summed E-state index contributed by atoms with van der Waals surface area (Å²) in [6, 6.07) is 16.3. The fourth-order valence-corrected chi connectivity index (χ4v) is 4.24. The summed E-state index contributed by atoms with van der Waals surface area (Å²) in [5.74, 6) is -0.156. The molecule has 5 nitrogen and oxygen atoms in total. The van der Waals surface area contributed by atoms with Crippen molar-refractivity contribution in [3.8, 4) is 0 Å². The van der Waals surface area contributed by atoms with Crippen molar-refractivity contribution in [2.75, 3.05) is 30.8 Å². The van der Waals surface area contributed by atoms with Crippen LogP contribution in [0.4, 0.5) is 11.4 Å². The molecule has 144 valence electrons. The predicted molar refractivity (Wildman–Crippen MR) is 118 cm³/mol. The number of hydrogen-bond donors (Lipinski definition) is 2. The molecule has 1 aliphatic rings. The molecular weight excluding hydrogens is 368 g/mol. The Labute approximate surface area is 169 Å². The highest BCUT2D eigenvalue weighted by Crippen LogP contribution is 2.25. The first kappa shape index (κ1) is 18.7. The lowest BCUT2D eigenvalue weighted by atomic mass is 10.0. The summed E-state index contributed by atoms with van der Waals surface area (Å²) in [6.45, 7) is 2.19. The number of para-hydroxylation sites is 3. The van der Waals surface area contributed by atoms with E-state index in [1.165, 1.54) is 0 Å². The zero-order valence-electron chi connectivity index (χ0n) is 15.9. The number of carbonyl (C=O) groups excluding carboxylic acids is 1. The number of aromatic nitrogens is 1. The molecule has 1 amide bonds. The molecule has 1 fully saturated rings. The Morgan fingerprint density at radius 2 is 1.82 bits per heavy atom. The van der Waals surface area contributed by atoms with Crippen molar-refractivity contribution in [3.63, 3.8) is 0 Å². The van der Waals surface area contributed by atoms with E-state index in [9.17, 15) is 4.79 Å². The van der Waals surface area contributed by atoms with Crippen LogP contribution in [0, 0.1) is 0 Å². The second-order valence-corrected chi connectivity index (χ2v) is 8.17. The van der Waals surface area contributed by atoms with E-state index < -0.39 is 0 Å². The molecule has 2 heterocycles. The van der Waals surface area contributed by atoms with Gasteiger partial charge in [0.2, 0.25) is 5.91 Å². The topological polar surface area (TPSA) is 57.3 Å². The lowest BCUT2D eigenvalue weighted by Crippen LogP contribution is -2.36. The van der Waals surface area contributed by atoms with Crippen molar-refractivity contribution < 1.29 is 4.79 Å². The molecule has 2 aromatic carbocycles. The number of nitrogens with zero attached hydrogens (tertiary/aromatic N) is 2. The monoisotopic (exact) mass is 392 g/mol. The first-order valence-corrected chi connectivity index (χ1v) is 10.4. The Kier molecular flexibility index (Phi) is 5.69. The molecule has 3 aromatic rings. The Hall–Kier alpha value is -2.70. The number of likely N-dealkylation sites (tertiary alicyclic amines) is 1. The van der Waals surface area contributed by atoms with E-state index in [4.69, 9.17) is 0 Å². The number of rotatable bonds is 5. The highest BCUT2D eigenvalue weighted by atomic mass is 32.1. The largest absolute Gasteiger partial charge is 0.381 e. The molecule has 4 rings (SSSR count). The van der Waals surface area contributed by atoms with Crippen LogP contribution in [0.3, 0.4) is 0 Å². The van der Waals surface area contributed by atoms with Crippen LogP contribution < -0.4 is 10.6 Å². The van der Waals surface area contributed by atoms with Gasteiger partial charge in [0.25, 0.3) is 0 Å². The van der Waals surface area contributed by atoms with E-state index in [1.807, 2.05) is 48.5 Å². The highest BCUT2D eigenvalue weighted by Gasteiger charge is 2.17. The molecular formula is C22H24N4OS. The number of amides is 1. The summed E-state index contributed by atoms with van der Waals surface area (Å²) in [5.41, 5.74) is 2.74. The number of fused-ring (bicyclic) bond motifs is 1. The van der Waals surface area contributed by atoms with Gasteiger partial charge in [-0.05, 0) is 63.3 Å². The Bertz CT molecular complexity index is 956. The summed E-state index contributed by atoms with van der Waals surface area (Å²) in [7, 11) is 2.15. The summed E-state index contributed by atoms with van der Waals surface area (Å²) >= 11 is 1.58. The first-order valence-electron chi connectivity index (χ1n) is 9.56. The van der Waals surface area contributed by atoms with Gasteiger partial charge in [0.1, 0.15) is 5.01 Å². The number of piperidine rings is 1. The van der Waals surface area contributed by atoms with Crippen molar-refractivity contribution in [2.45, 2.75) is 18.9 Å². The minimum atomic E-state index is -0.156. The Morgan fingerprint density at radius 3 is 2.61 bits per heavy atom. The van der Waals surface area contributed by atoms with Gasteiger partial charge in [0, 0.05) is 12.1 Å². The maximum Gasteiger partial charge on any atom is 0.248 e. The maximum atomic E-state index is 12.4. The van der Waals surface area contributed by atoms with Crippen LogP contribution in [-0.2, 0) is 4.79 Å². The van der Waals surface area contributed by atoms with E-state index in [0.717, 1.165) is 52.5 Å². The predicted octanol–water partition coefficient (Wildman–Crippen LogP) is 4.45. The van der Waals surface area contributed by atoms with E-state index in [1.54, 1.807) is 23.5 Å². The molecule has 0 saturated carbocycles. The van der Waals surface area contributed by atoms with Crippen LogP contribution in [0.25, 0.3) is 16.3 Å². The van der Waals surface area contributed by atoms with Gasteiger partial charge in [-0.15, -0.1) is 11.3 Å². The van der Waals surface area contributed by atoms with Crippen molar-refractivity contribution in [1.29, 1.82) is 0 Å². The van der Waals surface area contributed by atoms with Gasteiger partial charge in [0.15, 0.2) is 0 Å². The number of thiazole rings is 1. The minimum Gasteiger partial charge on any atom is -0.381 e. The number of nitrogens with one attached hydrogen (secondary N) is 2.